The van der Waals surface area contributed by atoms with Gasteiger partial charge in [0.2, 0.25) is 15.9 Å². The fraction of sp³-hybridized carbons (Fsp3) is 0.350. The molecule has 2 aromatic carbocycles. The van der Waals surface area contributed by atoms with Gasteiger partial charge in [0.1, 0.15) is 0 Å². The van der Waals surface area contributed by atoms with E-state index < -0.39 is 26.9 Å². The third-order valence-corrected chi connectivity index (χ3v) is 7.51. The van der Waals surface area contributed by atoms with E-state index in [0.29, 0.717) is 23.4 Å². The number of anilines is 1. The lowest BCUT2D eigenvalue weighted by atomic mass is 10.1. The fourth-order valence-corrected chi connectivity index (χ4v) is 5.31. The molecule has 0 aromatic heterocycles. The molecule has 6 nitrogen and oxygen atoms in total. The van der Waals surface area contributed by atoms with Crippen LogP contribution in [0, 0.1) is 6.92 Å². The van der Waals surface area contributed by atoms with Gasteiger partial charge in [-0.25, -0.2) is 13.1 Å². The van der Waals surface area contributed by atoms with Gasteiger partial charge < -0.3 is 4.90 Å². The number of nitrogens with zero attached hydrogens (tertiary/aromatic N) is 1. The lowest BCUT2D eigenvalue weighted by Gasteiger charge is -2.19. The van der Waals surface area contributed by atoms with Crippen LogP contribution >= 0.6 is 0 Å². The molecule has 0 bridgehead atoms. The Labute approximate surface area is 168 Å². The molecule has 1 heterocycles. The van der Waals surface area contributed by atoms with Gasteiger partial charge in [0.05, 0.1) is 4.90 Å². The summed E-state index contributed by atoms with van der Waals surface area (Å²) in [5.41, 5.74) is 2.11. The number of carbonyl (C=O) groups excluding carboxylic acids is 1. The van der Waals surface area contributed by atoms with E-state index in [0.717, 1.165) is 17.7 Å². The highest BCUT2D eigenvalue weighted by Gasteiger charge is 2.25. The van der Waals surface area contributed by atoms with Crippen LogP contribution in [0.4, 0.5) is 5.69 Å². The van der Waals surface area contributed by atoms with Crippen molar-refractivity contribution in [3.8, 4) is 0 Å². The van der Waals surface area contributed by atoms with E-state index >= 15 is 0 Å². The molecule has 28 heavy (non-hydrogen) atoms. The Hall–Kier alpha value is -2.03. The van der Waals surface area contributed by atoms with E-state index in [1.165, 1.54) is 0 Å². The van der Waals surface area contributed by atoms with Crippen molar-refractivity contribution in [3.63, 3.8) is 0 Å². The molecule has 1 saturated heterocycles. The van der Waals surface area contributed by atoms with Crippen LogP contribution in [0.5, 0.6) is 0 Å². The average Bonchev–Trinajstić information content (AvgIpc) is 3.07. The van der Waals surface area contributed by atoms with Crippen LogP contribution in [0.25, 0.3) is 0 Å². The van der Waals surface area contributed by atoms with Crippen molar-refractivity contribution in [1.29, 1.82) is 0 Å². The molecule has 1 fully saturated rings. The molecule has 0 aliphatic carbocycles. The second-order valence-electron chi connectivity index (χ2n) is 6.96. The van der Waals surface area contributed by atoms with Gasteiger partial charge in [0.25, 0.3) is 0 Å². The standard InChI is InChI=1S/C20H24N2O4S2/c1-14-13-17(22-12-4-5-20(22)23)8-11-19(14)28(25,26)21-15(2)16-6-9-18(10-7-16)27(3)24/h6-11,13,15,21H,4-5,12H2,1-3H3/t15-,27-/m0/s1. The molecule has 1 aliphatic rings. The molecule has 2 atom stereocenters. The van der Waals surface area contributed by atoms with E-state index in [9.17, 15) is 17.4 Å². The van der Waals surface area contributed by atoms with Crippen LogP contribution in [0.3, 0.4) is 0 Å². The van der Waals surface area contributed by atoms with Crippen molar-refractivity contribution >= 4 is 32.4 Å². The zero-order valence-corrected chi connectivity index (χ0v) is 17.8. The van der Waals surface area contributed by atoms with Gasteiger partial charge in [0, 0.05) is 46.6 Å². The summed E-state index contributed by atoms with van der Waals surface area (Å²) in [6, 6.07) is 11.6. The summed E-state index contributed by atoms with van der Waals surface area (Å²) in [7, 11) is -4.81. The van der Waals surface area contributed by atoms with Gasteiger partial charge in [-0.2, -0.15) is 0 Å². The van der Waals surface area contributed by atoms with Crippen LogP contribution in [-0.2, 0) is 25.6 Å². The minimum Gasteiger partial charge on any atom is -0.312 e. The number of benzene rings is 2. The molecular weight excluding hydrogens is 396 g/mol. The first-order valence-corrected chi connectivity index (χ1v) is 12.1. The quantitative estimate of drug-likeness (QED) is 0.779. The van der Waals surface area contributed by atoms with Crippen LogP contribution in [0.2, 0.25) is 0 Å². The largest absolute Gasteiger partial charge is 0.312 e. The number of nitrogens with one attached hydrogen (secondary N) is 1. The SMILES string of the molecule is Cc1cc(N2CCCC2=O)ccc1S(=O)(=O)N[C@@H](C)c1ccc([S@](C)=O)cc1. The van der Waals surface area contributed by atoms with Crippen LogP contribution in [-0.4, -0.2) is 31.3 Å². The normalized spacial score (nSPS) is 17.0. The Kier molecular flexibility index (Phi) is 6.02. The molecule has 1 aliphatic heterocycles. The predicted molar refractivity (Wildman–Crippen MR) is 110 cm³/mol. The maximum atomic E-state index is 12.9. The third-order valence-electron chi connectivity index (χ3n) is 4.88. The molecule has 8 heteroatoms. The number of carbonyl (C=O) groups is 1. The molecular formula is C20H24N2O4S2. The van der Waals surface area contributed by atoms with Gasteiger partial charge in [-0.15, -0.1) is 0 Å². The first-order chi connectivity index (χ1) is 13.2. The summed E-state index contributed by atoms with van der Waals surface area (Å²) < 4.78 is 39.9. The Morgan fingerprint density at radius 3 is 2.36 bits per heavy atom. The van der Waals surface area contributed by atoms with Crippen molar-refractivity contribution in [3.05, 3.63) is 53.6 Å². The lowest BCUT2D eigenvalue weighted by molar-refractivity contribution is -0.117. The summed E-state index contributed by atoms with van der Waals surface area (Å²) in [6.45, 7) is 4.16. The van der Waals surface area contributed by atoms with Crippen molar-refractivity contribution in [2.75, 3.05) is 17.7 Å². The zero-order chi connectivity index (χ0) is 20.5. The molecule has 0 radical (unpaired) electrons. The highest BCUT2D eigenvalue weighted by molar-refractivity contribution is 7.89. The number of hydrogen-bond acceptors (Lipinski definition) is 4. The molecule has 0 spiro atoms. The van der Waals surface area contributed by atoms with Gasteiger partial charge in [-0.05, 0) is 61.7 Å². The molecule has 2 aromatic rings. The second kappa shape index (κ2) is 8.14. The molecule has 1 N–H and O–H groups in total. The summed E-state index contributed by atoms with van der Waals surface area (Å²) in [6.07, 6.45) is 2.95. The first-order valence-electron chi connectivity index (χ1n) is 9.06. The van der Waals surface area contributed by atoms with E-state index in [1.54, 1.807) is 67.5 Å². The maximum absolute atomic E-state index is 12.9. The second-order valence-corrected chi connectivity index (χ2v) is 10.0. The molecule has 1 amide bonds. The highest BCUT2D eigenvalue weighted by atomic mass is 32.2. The number of rotatable bonds is 6. The average molecular weight is 421 g/mol. The maximum Gasteiger partial charge on any atom is 0.241 e. The lowest BCUT2D eigenvalue weighted by Crippen LogP contribution is -2.28. The van der Waals surface area contributed by atoms with E-state index in [1.807, 2.05) is 0 Å². The van der Waals surface area contributed by atoms with Gasteiger partial charge in [0.15, 0.2) is 0 Å². The minimum absolute atomic E-state index is 0.0678. The van der Waals surface area contributed by atoms with Crippen molar-refractivity contribution in [2.24, 2.45) is 0 Å². The Balaban J connectivity index is 1.80. The van der Waals surface area contributed by atoms with Gasteiger partial charge in [-0.3, -0.25) is 9.00 Å². The van der Waals surface area contributed by atoms with E-state index in [-0.39, 0.29) is 10.8 Å². The Morgan fingerprint density at radius 1 is 1.14 bits per heavy atom. The topological polar surface area (TPSA) is 83.6 Å². The van der Waals surface area contributed by atoms with E-state index in [2.05, 4.69) is 4.72 Å². The molecule has 0 unspecified atom stereocenters. The first kappa shape index (κ1) is 20.7. The summed E-state index contributed by atoms with van der Waals surface area (Å²) in [4.78, 5) is 14.5. The minimum atomic E-state index is -3.73. The molecule has 0 saturated carbocycles. The highest BCUT2D eigenvalue weighted by Crippen LogP contribution is 2.27. The summed E-state index contributed by atoms with van der Waals surface area (Å²) >= 11 is 0. The van der Waals surface area contributed by atoms with Crippen LogP contribution < -0.4 is 9.62 Å². The number of hydrogen-bond donors (Lipinski definition) is 1. The fourth-order valence-electron chi connectivity index (χ4n) is 3.34. The monoisotopic (exact) mass is 420 g/mol. The Bertz CT molecular complexity index is 1020. The zero-order valence-electron chi connectivity index (χ0n) is 16.1. The number of aryl methyl sites for hydroxylation is 1. The summed E-state index contributed by atoms with van der Waals surface area (Å²) in [5.74, 6) is 0.0678. The van der Waals surface area contributed by atoms with Crippen molar-refractivity contribution in [1.82, 2.24) is 4.72 Å². The van der Waals surface area contributed by atoms with Crippen molar-refractivity contribution < 1.29 is 17.4 Å². The van der Waals surface area contributed by atoms with Crippen LogP contribution in [0.15, 0.2) is 52.3 Å². The Morgan fingerprint density at radius 2 is 1.82 bits per heavy atom. The van der Waals surface area contributed by atoms with Crippen molar-refractivity contribution in [2.45, 2.75) is 42.5 Å². The molecule has 150 valence electrons. The third kappa shape index (κ3) is 4.34. The summed E-state index contributed by atoms with van der Waals surface area (Å²) in [5, 5.41) is 0. The number of amides is 1. The van der Waals surface area contributed by atoms with Gasteiger partial charge >= 0.3 is 0 Å². The predicted octanol–water partition coefficient (Wildman–Crippen LogP) is 2.90. The van der Waals surface area contributed by atoms with Gasteiger partial charge in [-0.1, -0.05) is 12.1 Å². The number of sulfonamides is 1. The van der Waals surface area contributed by atoms with E-state index in [4.69, 9.17) is 0 Å². The smallest absolute Gasteiger partial charge is 0.241 e. The molecule has 3 rings (SSSR count). The van der Waals surface area contributed by atoms with Crippen LogP contribution in [0.1, 0.15) is 36.9 Å².